The summed E-state index contributed by atoms with van der Waals surface area (Å²) >= 11 is 0. The van der Waals surface area contributed by atoms with E-state index in [1.807, 2.05) is 30.3 Å². The standard InChI is InChI=1S/C24H20N2O5/c1-14-10-20-22(24(27)30-14)21(17(12-25)23(26)31-20)16-8-9-18(28-2)19(11-16)29-13-15-6-4-3-5-7-15/h3-11,21H,13,26H2,1-2H3/t21-/m1/s1. The summed E-state index contributed by atoms with van der Waals surface area (Å²) in [5, 5.41) is 9.73. The van der Waals surface area contributed by atoms with Crippen LogP contribution >= 0.6 is 0 Å². The maximum absolute atomic E-state index is 12.7. The van der Waals surface area contributed by atoms with Crippen molar-refractivity contribution in [1.82, 2.24) is 0 Å². The second kappa shape index (κ2) is 8.28. The van der Waals surface area contributed by atoms with Crippen molar-refractivity contribution in [2.45, 2.75) is 19.4 Å². The van der Waals surface area contributed by atoms with Crippen LogP contribution in [0.1, 0.15) is 28.4 Å². The maximum Gasteiger partial charge on any atom is 0.343 e. The predicted octanol–water partition coefficient (Wildman–Crippen LogP) is 3.75. The third-order valence-corrected chi connectivity index (χ3v) is 5.01. The maximum atomic E-state index is 12.7. The minimum atomic E-state index is -0.754. The van der Waals surface area contributed by atoms with E-state index in [0.717, 1.165) is 5.56 Å². The monoisotopic (exact) mass is 416 g/mol. The number of ether oxygens (including phenoxy) is 3. The molecule has 7 nitrogen and oxygen atoms in total. The molecule has 0 saturated heterocycles. The third kappa shape index (κ3) is 3.83. The minimum absolute atomic E-state index is 0.0485. The van der Waals surface area contributed by atoms with Crippen LogP contribution in [0.25, 0.3) is 0 Å². The van der Waals surface area contributed by atoms with Crippen molar-refractivity contribution in [2.75, 3.05) is 7.11 Å². The lowest BCUT2D eigenvalue weighted by molar-refractivity contribution is 0.284. The van der Waals surface area contributed by atoms with Gasteiger partial charge in [0, 0.05) is 6.07 Å². The highest BCUT2D eigenvalue weighted by atomic mass is 16.5. The molecule has 2 aromatic carbocycles. The zero-order valence-corrected chi connectivity index (χ0v) is 17.0. The fourth-order valence-electron chi connectivity index (χ4n) is 3.57. The van der Waals surface area contributed by atoms with Gasteiger partial charge in [-0.05, 0) is 30.2 Å². The summed E-state index contributed by atoms with van der Waals surface area (Å²) in [6.07, 6.45) is 0. The lowest BCUT2D eigenvalue weighted by atomic mass is 9.84. The lowest BCUT2D eigenvalue weighted by Crippen LogP contribution is -2.26. The largest absolute Gasteiger partial charge is 0.493 e. The fraction of sp³-hybridized carbons (Fsp3) is 0.167. The Labute approximate surface area is 178 Å². The van der Waals surface area contributed by atoms with Crippen LogP contribution in [0.4, 0.5) is 0 Å². The van der Waals surface area contributed by atoms with E-state index in [1.54, 1.807) is 38.3 Å². The molecular weight excluding hydrogens is 396 g/mol. The molecular formula is C24H20N2O5. The molecule has 0 fully saturated rings. The first-order valence-electron chi connectivity index (χ1n) is 9.58. The number of allylic oxidation sites excluding steroid dienone is 1. The molecule has 0 aliphatic carbocycles. The van der Waals surface area contributed by atoms with Crippen molar-refractivity contribution in [3.05, 3.63) is 98.9 Å². The SMILES string of the molecule is COc1ccc([C@@H]2C(C#N)=C(N)Oc3cc(C)oc(=O)c32)cc1OCc1ccccc1. The van der Waals surface area contributed by atoms with Crippen molar-refractivity contribution in [1.29, 1.82) is 5.26 Å². The van der Waals surface area contributed by atoms with Gasteiger partial charge in [-0.2, -0.15) is 5.26 Å². The number of rotatable bonds is 5. The second-order valence-corrected chi connectivity index (χ2v) is 7.03. The van der Waals surface area contributed by atoms with Gasteiger partial charge in [0.2, 0.25) is 5.88 Å². The zero-order chi connectivity index (χ0) is 22.0. The summed E-state index contributed by atoms with van der Waals surface area (Å²) in [5.41, 5.74) is 7.39. The van der Waals surface area contributed by atoms with Gasteiger partial charge in [0.1, 0.15) is 29.8 Å². The Morgan fingerprint density at radius 2 is 1.90 bits per heavy atom. The third-order valence-electron chi connectivity index (χ3n) is 5.01. The summed E-state index contributed by atoms with van der Waals surface area (Å²) in [6, 6.07) is 18.6. The average Bonchev–Trinajstić information content (AvgIpc) is 2.77. The number of nitrogens with two attached hydrogens (primary N) is 1. The van der Waals surface area contributed by atoms with Crippen molar-refractivity contribution in [2.24, 2.45) is 5.73 Å². The van der Waals surface area contributed by atoms with Crippen LogP contribution in [-0.4, -0.2) is 7.11 Å². The molecule has 2 N–H and O–H groups in total. The Morgan fingerprint density at radius 3 is 2.61 bits per heavy atom. The molecule has 4 rings (SSSR count). The molecule has 7 heteroatoms. The molecule has 1 atom stereocenters. The number of benzene rings is 2. The van der Waals surface area contributed by atoms with Crippen LogP contribution in [0.15, 0.2) is 75.3 Å². The highest BCUT2D eigenvalue weighted by Crippen LogP contribution is 2.42. The molecule has 0 saturated carbocycles. The number of nitrogens with zero attached hydrogens (tertiary/aromatic N) is 1. The molecule has 3 aromatic rings. The van der Waals surface area contributed by atoms with E-state index in [4.69, 9.17) is 24.4 Å². The molecule has 0 bridgehead atoms. The van der Waals surface area contributed by atoms with Crippen LogP contribution in [0.3, 0.4) is 0 Å². The van der Waals surface area contributed by atoms with E-state index >= 15 is 0 Å². The fourth-order valence-corrected chi connectivity index (χ4v) is 3.57. The quantitative estimate of drug-likeness (QED) is 0.675. The normalized spacial score (nSPS) is 14.9. The number of methoxy groups -OCH3 is 1. The van der Waals surface area contributed by atoms with Crippen molar-refractivity contribution in [3.8, 4) is 23.3 Å². The van der Waals surface area contributed by atoms with E-state index in [1.165, 1.54) is 0 Å². The van der Waals surface area contributed by atoms with Gasteiger partial charge in [-0.1, -0.05) is 36.4 Å². The molecule has 156 valence electrons. The molecule has 1 aliphatic heterocycles. The smallest absolute Gasteiger partial charge is 0.343 e. The van der Waals surface area contributed by atoms with Gasteiger partial charge in [-0.25, -0.2) is 4.79 Å². The Bertz CT molecular complexity index is 1260. The van der Waals surface area contributed by atoms with E-state index in [2.05, 4.69) is 6.07 Å². The van der Waals surface area contributed by atoms with Gasteiger partial charge in [-0.15, -0.1) is 0 Å². The number of hydrogen-bond acceptors (Lipinski definition) is 7. The van der Waals surface area contributed by atoms with Crippen molar-refractivity contribution >= 4 is 0 Å². The highest BCUT2D eigenvalue weighted by molar-refractivity contribution is 5.57. The molecule has 0 amide bonds. The summed E-state index contributed by atoms with van der Waals surface area (Å²) in [5.74, 6) is 0.862. The Kier molecular flexibility index (Phi) is 5.37. The highest BCUT2D eigenvalue weighted by Gasteiger charge is 2.34. The van der Waals surface area contributed by atoms with E-state index in [0.29, 0.717) is 29.4 Å². The van der Waals surface area contributed by atoms with Crippen LogP contribution < -0.4 is 25.6 Å². The molecule has 1 aromatic heterocycles. The molecule has 1 aliphatic rings. The first-order chi connectivity index (χ1) is 15.0. The van der Waals surface area contributed by atoms with E-state index in [-0.39, 0.29) is 22.8 Å². The Morgan fingerprint density at radius 1 is 1.13 bits per heavy atom. The van der Waals surface area contributed by atoms with Crippen LogP contribution in [0.2, 0.25) is 0 Å². The van der Waals surface area contributed by atoms with Gasteiger partial charge in [-0.3, -0.25) is 0 Å². The molecule has 0 unspecified atom stereocenters. The number of fused-ring (bicyclic) bond motifs is 1. The summed E-state index contributed by atoms with van der Waals surface area (Å²) in [4.78, 5) is 12.7. The first-order valence-corrected chi connectivity index (χ1v) is 9.58. The van der Waals surface area contributed by atoms with Crippen molar-refractivity contribution < 1.29 is 18.6 Å². The van der Waals surface area contributed by atoms with E-state index < -0.39 is 11.5 Å². The minimum Gasteiger partial charge on any atom is -0.493 e. The molecule has 0 radical (unpaired) electrons. The molecule has 2 heterocycles. The molecule has 31 heavy (non-hydrogen) atoms. The van der Waals surface area contributed by atoms with Gasteiger partial charge < -0.3 is 24.4 Å². The van der Waals surface area contributed by atoms with Gasteiger partial charge >= 0.3 is 5.63 Å². The van der Waals surface area contributed by atoms with Crippen LogP contribution in [0.5, 0.6) is 17.2 Å². The topological polar surface area (TPSA) is 108 Å². The predicted molar refractivity (Wildman–Crippen MR) is 113 cm³/mol. The summed E-state index contributed by atoms with van der Waals surface area (Å²) < 4.78 is 22.2. The lowest BCUT2D eigenvalue weighted by Gasteiger charge is -2.25. The number of nitriles is 1. The second-order valence-electron chi connectivity index (χ2n) is 7.03. The van der Waals surface area contributed by atoms with Crippen molar-refractivity contribution in [3.63, 3.8) is 0 Å². The number of aryl methyl sites for hydroxylation is 1. The Balaban J connectivity index is 1.80. The van der Waals surface area contributed by atoms with Gasteiger partial charge in [0.05, 0.1) is 18.6 Å². The van der Waals surface area contributed by atoms with Gasteiger partial charge in [0.25, 0.3) is 0 Å². The Hall–Kier alpha value is -4.18. The average molecular weight is 416 g/mol. The number of hydrogen-bond donors (Lipinski definition) is 1. The molecule has 0 spiro atoms. The van der Waals surface area contributed by atoms with Gasteiger partial charge in [0.15, 0.2) is 11.5 Å². The zero-order valence-electron chi connectivity index (χ0n) is 17.0. The van der Waals surface area contributed by atoms with Crippen LogP contribution in [-0.2, 0) is 6.61 Å². The van der Waals surface area contributed by atoms with Crippen LogP contribution in [0, 0.1) is 18.3 Å². The summed E-state index contributed by atoms with van der Waals surface area (Å²) in [6.45, 7) is 1.97. The first kappa shape index (κ1) is 20.1. The summed E-state index contributed by atoms with van der Waals surface area (Å²) in [7, 11) is 1.55. The van der Waals surface area contributed by atoms with E-state index in [9.17, 15) is 10.1 Å².